The minimum atomic E-state index is -2.34. The van der Waals surface area contributed by atoms with Crippen LogP contribution >= 0.6 is 0 Å². The summed E-state index contributed by atoms with van der Waals surface area (Å²) in [4.78, 5) is 14.7. The summed E-state index contributed by atoms with van der Waals surface area (Å²) in [5, 5.41) is 8.93. The van der Waals surface area contributed by atoms with E-state index in [2.05, 4.69) is 9.72 Å². The van der Waals surface area contributed by atoms with Gasteiger partial charge in [0.1, 0.15) is 11.3 Å². The van der Waals surface area contributed by atoms with Gasteiger partial charge in [-0.05, 0) is 6.07 Å². The van der Waals surface area contributed by atoms with Gasteiger partial charge in [-0.2, -0.15) is 0 Å². The van der Waals surface area contributed by atoms with Crippen molar-refractivity contribution in [2.24, 2.45) is 5.84 Å². The molecule has 4 radical (unpaired) electrons. The van der Waals surface area contributed by atoms with Crippen molar-refractivity contribution < 1.29 is 14.6 Å². The summed E-state index contributed by atoms with van der Waals surface area (Å²) in [5.41, 5.74) is -0.440. The van der Waals surface area contributed by atoms with Crippen LogP contribution in [0.2, 0.25) is 0 Å². The van der Waals surface area contributed by atoms with Crippen LogP contribution in [0.4, 0.5) is 0 Å². The van der Waals surface area contributed by atoms with Gasteiger partial charge >= 0.3 is 0 Å². The number of nitrogens with one attached hydrogen (secondary N) is 1. The van der Waals surface area contributed by atoms with Crippen molar-refractivity contribution in [1.29, 1.82) is 0 Å². The normalized spacial score (nSPS) is 10.8. The molecule has 4 N–H and O–H groups in total. The Balaban J connectivity index is 2.88. The molecule has 6 nitrogen and oxygen atoms in total. The van der Waals surface area contributed by atoms with Gasteiger partial charge in [-0.1, -0.05) is 6.07 Å². The largest absolute Gasteiger partial charge is 0.465 e. The van der Waals surface area contributed by atoms with Crippen LogP contribution in [0.1, 0.15) is 10.5 Å². The highest BCUT2D eigenvalue weighted by atomic mass is 16.6. The Morgan fingerprint density at radius 1 is 1.60 bits per heavy atom. The fraction of sp³-hybridized carbons (Fsp3) is 0.143. The average molecular weight is 203 g/mol. The van der Waals surface area contributed by atoms with Crippen LogP contribution in [0, 0.1) is 0 Å². The third-order valence-corrected chi connectivity index (χ3v) is 1.36. The number of nitrogen functional groups attached to an aromatic ring is 1. The first-order valence-corrected chi connectivity index (χ1v) is 3.89. The number of hydrazine groups is 1. The molecule has 0 saturated carbocycles. The third kappa shape index (κ3) is 3.61. The molecule has 1 amide bonds. The molecule has 0 aromatic carbocycles. The monoisotopic (exact) mass is 203 g/mol. The minimum Gasteiger partial charge on any atom is -0.465 e. The predicted molar refractivity (Wildman–Crippen MR) is 53.0 cm³/mol. The summed E-state index contributed by atoms with van der Waals surface area (Å²) < 4.78 is 4.62. The molecule has 1 aromatic rings. The van der Waals surface area contributed by atoms with Gasteiger partial charge in [0.05, 0.1) is 0 Å². The Bertz CT molecular complexity index is 367. The first kappa shape index (κ1) is 11.5. The van der Waals surface area contributed by atoms with Crippen molar-refractivity contribution in [3.05, 3.63) is 23.9 Å². The number of aromatic nitrogens is 1. The van der Waals surface area contributed by atoms with Crippen molar-refractivity contribution in [2.75, 3.05) is 0 Å². The summed E-state index contributed by atoms with van der Waals surface area (Å²) in [7, 11) is 9.94. The molecule has 0 atom stereocenters. The van der Waals surface area contributed by atoms with Crippen molar-refractivity contribution in [2.45, 2.75) is 5.59 Å². The molecule has 0 aliphatic carbocycles. The molecule has 0 unspecified atom stereocenters. The highest BCUT2D eigenvalue weighted by Gasteiger charge is 2.15. The van der Waals surface area contributed by atoms with E-state index in [4.69, 9.17) is 26.6 Å². The highest BCUT2D eigenvalue weighted by molar-refractivity contribution is 6.37. The highest BCUT2D eigenvalue weighted by Crippen LogP contribution is 2.10. The maximum atomic E-state index is 11.1. The standard InChI is InChI=1S/C7H7B2N3O3/c8-7(9,14)15-5-3-1-2-4(11-5)6(13)12-10/h1-3,14H,10H2,(H,12,13). The van der Waals surface area contributed by atoms with E-state index in [1.165, 1.54) is 18.2 Å². The van der Waals surface area contributed by atoms with Crippen molar-refractivity contribution >= 4 is 21.6 Å². The van der Waals surface area contributed by atoms with Crippen LogP contribution in [0.5, 0.6) is 5.88 Å². The molecular formula is C7H7B2N3O3. The first-order valence-electron chi connectivity index (χ1n) is 3.89. The Kier molecular flexibility index (Phi) is 3.33. The second-order valence-corrected chi connectivity index (χ2v) is 2.69. The number of amides is 1. The molecule has 8 heteroatoms. The lowest BCUT2D eigenvalue weighted by molar-refractivity contribution is 0.00903. The third-order valence-electron chi connectivity index (χ3n) is 1.36. The van der Waals surface area contributed by atoms with Crippen LogP contribution in [-0.4, -0.2) is 37.3 Å². The maximum absolute atomic E-state index is 11.1. The summed E-state index contributed by atoms with van der Waals surface area (Å²) in [6.45, 7) is 0. The molecule has 15 heavy (non-hydrogen) atoms. The van der Waals surface area contributed by atoms with Gasteiger partial charge in [0, 0.05) is 6.07 Å². The van der Waals surface area contributed by atoms with E-state index >= 15 is 0 Å². The second-order valence-electron chi connectivity index (χ2n) is 2.69. The number of hydrogen-bond acceptors (Lipinski definition) is 5. The van der Waals surface area contributed by atoms with Gasteiger partial charge in [-0.3, -0.25) is 10.2 Å². The van der Waals surface area contributed by atoms with E-state index < -0.39 is 11.5 Å². The molecule has 0 fully saturated rings. The smallest absolute Gasteiger partial charge is 0.283 e. The molecule has 0 saturated heterocycles. The van der Waals surface area contributed by atoms with Gasteiger partial charge in [0.2, 0.25) is 5.88 Å². The number of rotatable bonds is 3. The number of ether oxygens (including phenoxy) is 1. The summed E-state index contributed by atoms with van der Waals surface area (Å²) in [6, 6.07) is 4.25. The zero-order valence-corrected chi connectivity index (χ0v) is 7.68. The van der Waals surface area contributed by atoms with Gasteiger partial charge in [0.15, 0.2) is 15.7 Å². The van der Waals surface area contributed by atoms with Gasteiger partial charge in [-0.15, -0.1) is 0 Å². The molecule has 0 aliphatic rings. The van der Waals surface area contributed by atoms with Crippen molar-refractivity contribution in [3.8, 4) is 5.88 Å². The fourth-order valence-corrected chi connectivity index (χ4v) is 0.840. The Morgan fingerprint density at radius 3 is 2.80 bits per heavy atom. The first-order chi connectivity index (χ1) is 6.92. The topological polar surface area (TPSA) is 97.5 Å². The maximum Gasteiger partial charge on any atom is 0.283 e. The van der Waals surface area contributed by atoms with E-state index in [9.17, 15) is 4.79 Å². The summed E-state index contributed by atoms with van der Waals surface area (Å²) >= 11 is 0. The quantitative estimate of drug-likeness (QED) is 0.173. The molecule has 1 heterocycles. The number of nitrogens with zero attached hydrogens (tertiary/aromatic N) is 1. The van der Waals surface area contributed by atoms with Crippen LogP contribution in [0.3, 0.4) is 0 Å². The molecule has 1 rings (SSSR count). The van der Waals surface area contributed by atoms with Crippen LogP contribution < -0.4 is 16.0 Å². The second kappa shape index (κ2) is 4.33. The number of pyridine rings is 1. The lowest BCUT2D eigenvalue weighted by Crippen LogP contribution is -2.37. The molecular weight excluding hydrogens is 196 g/mol. The average Bonchev–Trinajstić information content (AvgIpc) is 2.14. The summed E-state index contributed by atoms with van der Waals surface area (Å²) in [6.07, 6.45) is 0. The number of carbonyl (C=O) groups is 1. The molecule has 0 aliphatic heterocycles. The lowest BCUT2D eigenvalue weighted by atomic mass is 9.77. The molecule has 0 spiro atoms. The number of aliphatic hydroxyl groups is 1. The lowest BCUT2D eigenvalue weighted by Gasteiger charge is -2.20. The Morgan fingerprint density at radius 2 is 2.27 bits per heavy atom. The zero-order chi connectivity index (χ0) is 11.5. The van der Waals surface area contributed by atoms with Gasteiger partial charge in [-0.25, -0.2) is 10.8 Å². The van der Waals surface area contributed by atoms with E-state index in [0.29, 0.717) is 0 Å². The van der Waals surface area contributed by atoms with Crippen LogP contribution in [-0.2, 0) is 0 Å². The van der Waals surface area contributed by atoms with Gasteiger partial charge < -0.3 is 9.84 Å². The summed E-state index contributed by atoms with van der Waals surface area (Å²) in [5.74, 6) is 4.21. The van der Waals surface area contributed by atoms with Crippen molar-refractivity contribution in [3.63, 3.8) is 0 Å². The Labute approximate surface area is 88.6 Å². The van der Waals surface area contributed by atoms with E-state index in [1.807, 2.05) is 5.43 Å². The van der Waals surface area contributed by atoms with Crippen LogP contribution in [0.15, 0.2) is 18.2 Å². The Hall–Kier alpha value is -1.53. The molecule has 74 valence electrons. The van der Waals surface area contributed by atoms with Crippen LogP contribution in [0.25, 0.3) is 0 Å². The SMILES string of the molecule is [B]C([B])(O)Oc1cccc(C(=O)NN)n1. The molecule has 1 aromatic heterocycles. The number of nitrogens with two attached hydrogens (primary N) is 1. The minimum absolute atomic E-state index is 0.0132. The molecule has 0 bridgehead atoms. The van der Waals surface area contributed by atoms with E-state index in [1.54, 1.807) is 0 Å². The van der Waals surface area contributed by atoms with Crippen molar-refractivity contribution in [1.82, 2.24) is 10.4 Å². The van der Waals surface area contributed by atoms with E-state index in [-0.39, 0.29) is 11.6 Å². The zero-order valence-electron chi connectivity index (χ0n) is 7.68. The number of carbonyl (C=O) groups excluding carboxylic acids is 1. The van der Waals surface area contributed by atoms with Gasteiger partial charge in [0.25, 0.3) is 5.91 Å². The number of hydrogen-bond donors (Lipinski definition) is 3. The van der Waals surface area contributed by atoms with E-state index in [0.717, 1.165) is 0 Å². The predicted octanol–water partition coefficient (Wildman–Crippen LogP) is -2.00. The fourth-order valence-electron chi connectivity index (χ4n) is 0.840.